The van der Waals surface area contributed by atoms with E-state index in [0.29, 0.717) is 24.2 Å². The maximum absolute atomic E-state index is 12.4. The molecule has 192 valence electrons. The molecule has 2 saturated carbocycles. The first-order valence-electron chi connectivity index (χ1n) is 12.2. The van der Waals surface area contributed by atoms with Crippen molar-refractivity contribution in [1.29, 1.82) is 0 Å². The Labute approximate surface area is 204 Å². The van der Waals surface area contributed by atoms with Gasteiger partial charge in [0.1, 0.15) is 29.2 Å². The molecule has 35 heavy (non-hydrogen) atoms. The van der Waals surface area contributed by atoms with E-state index in [9.17, 15) is 19.5 Å². The highest BCUT2D eigenvalue weighted by Gasteiger charge is 2.90. The Morgan fingerprint density at radius 1 is 1.03 bits per heavy atom. The Hall–Kier alpha value is -2.39. The van der Waals surface area contributed by atoms with Crippen molar-refractivity contribution in [2.75, 3.05) is 0 Å². The lowest BCUT2D eigenvalue weighted by Gasteiger charge is -2.63. The zero-order chi connectivity index (χ0) is 25.7. The predicted octanol–water partition coefficient (Wildman–Crippen LogP) is 2.66. The molecule has 2 heterocycles. The lowest BCUT2D eigenvalue weighted by Crippen LogP contribution is -2.76. The highest BCUT2D eigenvalue weighted by atomic mass is 16.7. The number of epoxide rings is 1. The molecule has 1 aliphatic heterocycles. The molecule has 1 aromatic rings. The summed E-state index contributed by atoms with van der Waals surface area (Å²) in [4.78, 5) is 37.0. The molecule has 1 spiro atoms. The van der Waals surface area contributed by atoms with Crippen molar-refractivity contribution in [3.8, 4) is 0 Å². The standard InChI is InChI=1S/C26H34O9/c1-12-10-19(32-13(2)27)23(5)17-11-18-16(8-9-31-18)24(6,30)20(17)21(33-14(3)28)22(34-15(4)29)26(23)25(12,7)35-26/h8-9,12,17,19-22,30H,10-11H2,1-7H3/t12-,17-,19-,20-,21+,22-,23-,24+,25+,26-/m1/s1. The van der Waals surface area contributed by atoms with E-state index in [1.807, 2.05) is 20.8 Å². The highest BCUT2D eigenvalue weighted by molar-refractivity contribution is 5.68. The third kappa shape index (κ3) is 2.91. The fourth-order valence-electron chi connectivity index (χ4n) is 8.04. The van der Waals surface area contributed by atoms with Crippen molar-refractivity contribution in [1.82, 2.24) is 0 Å². The first-order chi connectivity index (χ1) is 16.2. The fourth-order valence-corrected chi connectivity index (χ4v) is 8.04. The van der Waals surface area contributed by atoms with Gasteiger partial charge in [0.25, 0.3) is 0 Å². The van der Waals surface area contributed by atoms with E-state index < -0.39 is 64.4 Å². The molecule has 4 aliphatic rings. The molecule has 0 amide bonds. The minimum Gasteiger partial charge on any atom is -0.469 e. The second-order valence-corrected chi connectivity index (χ2v) is 11.3. The van der Waals surface area contributed by atoms with Crippen LogP contribution in [0.4, 0.5) is 0 Å². The molecule has 1 saturated heterocycles. The van der Waals surface area contributed by atoms with Crippen molar-refractivity contribution < 1.29 is 42.9 Å². The predicted molar refractivity (Wildman–Crippen MR) is 120 cm³/mol. The van der Waals surface area contributed by atoms with E-state index in [1.54, 1.807) is 13.0 Å². The van der Waals surface area contributed by atoms with Crippen molar-refractivity contribution in [3.05, 3.63) is 23.7 Å². The van der Waals surface area contributed by atoms with Crippen LogP contribution in [0.3, 0.4) is 0 Å². The molecule has 3 fully saturated rings. The zero-order valence-electron chi connectivity index (χ0n) is 21.2. The summed E-state index contributed by atoms with van der Waals surface area (Å²) in [7, 11) is 0. The first-order valence-corrected chi connectivity index (χ1v) is 12.2. The topological polar surface area (TPSA) is 125 Å². The summed E-state index contributed by atoms with van der Waals surface area (Å²) in [6, 6.07) is 1.72. The van der Waals surface area contributed by atoms with Crippen LogP contribution >= 0.6 is 0 Å². The van der Waals surface area contributed by atoms with Gasteiger partial charge < -0.3 is 28.5 Å². The molecule has 9 nitrogen and oxygen atoms in total. The number of hydrogen-bond donors (Lipinski definition) is 1. The van der Waals surface area contributed by atoms with Gasteiger partial charge in [-0.15, -0.1) is 0 Å². The molecule has 1 N–H and O–H groups in total. The minimum atomic E-state index is -1.48. The zero-order valence-corrected chi connectivity index (χ0v) is 21.2. The van der Waals surface area contributed by atoms with Gasteiger partial charge in [-0.05, 0) is 38.2 Å². The largest absolute Gasteiger partial charge is 0.469 e. The van der Waals surface area contributed by atoms with Gasteiger partial charge >= 0.3 is 17.9 Å². The highest BCUT2D eigenvalue weighted by Crippen LogP contribution is 2.77. The van der Waals surface area contributed by atoms with Crippen LogP contribution in [0.1, 0.15) is 66.2 Å². The summed E-state index contributed by atoms with van der Waals surface area (Å²) in [5.74, 6) is -2.02. The van der Waals surface area contributed by atoms with Gasteiger partial charge in [0, 0.05) is 44.1 Å². The quantitative estimate of drug-likeness (QED) is 0.387. The molecule has 1 aromatic heterocycles. The van der Waals surface area contributed by atoms with Crippen molar-refractivity contribution in [2.24, 2.45) is 23.2 Å². The van der Waals surface area contributed by atoms with Crippen molar-refractivity contribution in [3.63, 3.8) is 0 Å². The van der Waals surface area contributed by atoms with Gasteiger partial charge in [-0.25, -0.2) is 0 Å². The van der Waals surface area contributed by atoms with Gasteiger partial charge in [-0.3, -0.25) is 14.4 Å². The monoisotopic (exact) mass is 490 g/mol. The fraction of sp³-hybridized carbons (Fsp3) is 0.731. The second kappa shape index (κ2) is 7.32. The van der Waals surface area contributed by atoms with Gasteiger partial charge in [0.05, 0.1) is 11.9 Å². The average Bonchev–Trinajstić information content (AvgIpc) is 3.11. The Balaban J connectivity index is 1.79. The molecular formula is C26H34O9. The molecule has 3 aliphatic carbocycles. The van der Waals surface area contributed by atoms with Crippen LogP contribution in [0.15, 0.2) is 16.7 Å². The lowest BCUT2D eigenvalue weighted by molar-refractivity contribution is -0.266. The Kier molecular flexibility index (Phi) is 5.08. The number of hydrogen-bond acceptors (Lipinski definition) is 9. The molecule has 0 bridgehead atoms. The van der Waals surface area contributed by atoms with E-state index in [-0.39, 0.29) is 11.8 Å². The average molecular weight is 491 g/mol. The van der Waals surface area contributed by atoms with Gasteiger partial charge in [0.15, 0.2) is 6.10 Å². The Morgan fingerprint density at radius 2 is 1.66 bits per heavy atom. The van der Waals surface area contributed by atoms with Gasteiger partial charge in [-0.1, -0.05) is 13.8 Å². The molecule has 0 radical (unpaired) electrons. The summed E-state index contributed by atoms with van der Waals surface area (Å²) >= 11 is 0. The van der Waals surface area contributed by atoms with E-state index in [2.05, 4.69) is 0 Å². The van der Waals surface area contributed by atoms with Gasteiger partial charge in [-0.2, -0.15) is 0 Å². The van der Waals surface area contributed by atoms with Crippen LogP contribution in [0.5, 0.6) is 0 Å². The number of ether oxygens (including phenoxy) is 4. The summed E-state index contributed by atoms with van der Waals surface area (Å²) in [5.41, 5.74) is -3.61. The molecule has 0 unspecified atom stereocenters. The van der Waals surface area contributed by atoms with E-state index in [0.717, 1.165) is 0 Å². The number of rotatable bonds is 3. The summed E-state index contributed by atoms with van der Waals surface area (Å²) in [6.07, 6.45) is -0.101. The van der Waals surface area contributed by atoms with Crippen LogP contribution in [0, 0.1) is 23.2 Å². The third-order valence-corrected chi connectivity index (χ3v) is 9.55. The van der Waals surface area contributed by atoms with Crippen LogP contribution < -0.4 is 0 Å². The second-order valence-electron chi connectivity index (χ2n) is 11.3. The Bertz CT molecular complexity index is 1090. The van der Waals surface area contributed by atoms with Crippen LogP contribution in [0.2, 0.25) is 0 Å². The van der Waals surface area contributed by atoms with E-state index in [1.165, 1.54) is 27.0 Å². The van der Waals surface area contributed by atoms with Crippen LogP contribution in [0.25, 0.3) is 0 Å². The summed E-state index contributed by atoms with van der Waals surface area (Å²) in [5, 5.41) is 12.0. The summed E-state index contributed by atoms with van der Waals surface area (Å²) < 4.78 is 30.2. The third-order valence-electron chi connectivity index (χ3n) is 9.55. The summed E-state index contributed by atoms with van der Waals surface area (Å²) in [6.45, 7) is 11.6. The molecule has 5 rings (SSSR count). The van der Waals surface area contributed by atoms with Crippen molar-refractivity contribution >= 4 is 17.9 Å². The number of aliphatic hydroxyl groups is 1. The molecular weight excluding hydrogens is 456 g/mol. The smallest absolute Gasteiger partial charge is 0.303 e. The number of furan rings is 1. The SMILES string of the molecule is CC(=O)O[C@H]1[C@H]2[C@@H](Cc3occc3[C@]2(C)O)[C@]2(C)[C@H](OC(C)=O)C[C@@H](C)[C@]3(C)O[C@]23[C@@H]1OC(C)=O. The van der Waals surface area contributed by atoms with Gasteiger partial charge in [0.2, 0.25) is 0 Å². The van der Waals surface area contributed by atoms with E-state index in [4.69, 9.17) is 23.4 Å². The maximum Gasteiger partial charge on any atom is 0.303 e. The van der Waals surface area contributed by atoms with Crippen molar-refractivity contribution in [2.45, 2.75) is 96.4 Å². The normalized spacial score (nSPS) is 47.3. The van der Waals surface area contributed by atoms with Crippen LogP contribution in [-0.4, -0.2) is 52.5 Å². The number of carbonyl (C=O) groups is 3. The number of fused-ring (bicyclic) bond motifs is 3. The molecule has 0 aromatic carbocycles. The molecule has 9 heteroatoms. The number of esters is 3. The minimum absolute atomic E-state index is 0.0456. The first kappa shape index (κ1) is 24.3. The lowest BCUT2D eigenvalue weighted by atomic mass is 9.42. The number of carbonyl (C=O) groups excluding carboxylic acids is 3. The molecule has 10 atom stereocenters. The van der Waals surface area contributed by atoms with E-state index >= 15 is 0 Å². The van der Waals surface area contributed by atoms with Crippen LogP contribution in [-0.2, 0) is 45.4 Å². The maximum atomic E-state index is 12.4. The Morgan fingerprint density at radius 3 is 2.26 bits per heavy atom.